The Bertz CT molecular complexity index is 422. The summed E-state index contributed by atoms with van der Waals surface area (Å²) in [6.07, 6.45) is 1.75. The van der Waals surface area contributed by atoms with Crippen LogP contribution in [-0.2, 0) is 4.74 Å². The molecule has 1 rings (SSSR count). The molecule has 0 atom stereocenters. The van der Waals surface area contributed by atoms with Crippen LogP contribution in [-0.4, -0.2) is 41.8 Å². The zero-order valence-electron chi connectivity index (χ0n) is 12.0. The molecule has 1 N–H and O–H groups in total. The van der Waals surface area contributed by atoms with Gasteiger partial charge in [-0.15, -0.1) is 0 Å². The Labute approximate surface area is 117 Å². The number of ether oxygens (including phenoxy) is 2. The maximum Gasteiger partial charge on any atom is 0.372 e. The Hall–Kier alpha value is -1.96. The number of rotatable bonds is 9. The first-order valence-corrected chi connectivity index (χ1v) is 6.48. The number of unbranched alkanes of at least 4 members (excludes halogenated alkanes) is 1. The second kappa shape index (κ2) is 8.26. The summed E-state index contributed by atoms with van der Waals surface area (Å²) in [6.45, 7) is 4.92. The molecule has 0 saturated heterocycles. The van der Waals surface area contributed by atoms with Crippen molar-refractivity contribution in [2.75, 3.05) is 32.2 Å². The summed E-state index contributed by atoms with van der Waals surface area (Å²) in [4.78, 5) is 18.7. The van der Waals surface area contributed by atoms with Crippen LogP contribution in [0, 0.1) is 17.0 Å². The van der Waals surface area contributed by atoms with Gasteiger partial charge in [-0.25, -0.2) is 4.98 Å². The van der Waals surface area contributed by atoms with Gasteiger partial charge >= 0.3 is 5.69 Å². The van der Waals surface area contributed by atoms with Gasteiger partial charge in [0.2, 0.25) is 5.82 Å². The van der Waals surface area contributed by atoms with Crippen molar-refractivity contribution < 1.29 is 14.4 Å². The lowest BCUT2D eigenvalue weighted by Crippen LogP contribution is -2.13. The van der Waals surface area contributed by atoms with E-state index in [0.29, 0.717) is 25.6 Å². The highest BCUT2D eigenvalue weighted by molar-refractivity contribution is 5.61. The Morgan fingerprint density at radius 3 is 2.70 bits per heavy atom. The Morgan fingerprint density at radius 2 is 2.10 bits per heavy atom. The van der Waals surface area contributed by atoms with Gasteiger partial charge in [0.1, 0.15) is 5.82 Å². The first kappa shape index (κ1) is 16.1. The van der Waals surface area contributed by atoms with Crippen molar-refractivity contribution in [3.63, 3.8) is 0 Å². The smallest absolute Gasteiger partial charge is 0.372 e. The van der Waals surface area contributed by atoms with Crippen LogP contribution in [0.3, 0.4) is 0 Å². The van der Waals surface area contributed by atoms with Gasteiger partial charge in [-0.05, 0) is 13.3 Å². The summed E-state index contributed by atoms with van der Waals surface area (Å²) in [5.41, 5.74) is -0.234. The molecule has 0 bridgehead atoms. The summed E-state index contributed by atoms with van der Waals surface area (Å²) in [7, 11) is 1.56. The summed E-state index contributed by atoms with van der Waals surface area (Å²) < 4.78 is 10.3. The molecule has 0 aromatic carbocycles. The van der Waals surface area contributed by atoms with Crippen molar-refractivity contribution in [3.8, 4) is 5.88 Å². The number of aryl methyl sites for hydroxylation is 1. The van der Waals surface area contributed by atoms with E-state index in [0.717, 1.165) is 12.8 Å². The van der Waals surface area contributed by atoms with Crippen molar-refractivity contribution in [2.45, 2.75) is 26.7 Å². The van der Waals surface area contributed by atoms with E-state index in [1.165, 1.54) is 0 Å². The third-order valence-electron chi connectivity index (χ3n) is 2.48. The minimum absolute atomic E-state index is 0.0101. The molecule has 0 aliphatic heterocycles. The topological polar surface area (TPSA) is 99.4 Å². The molecule has 1 heterocycles. The minimum atomic E-state index is -0.532. The lowest BCUT2D eigenvalue weighted by atomic mass is 10.3. The Morgan fingerprint density at radius 1 is 1.35 bits per heavy atom. The number of methoxy groups -OCH3 is 1. The van der Waals surface area contributed by atoms with Crippen LogP contribution in [0.15, 0.2) is 0 Å². The first-order valence-electron chi connectivity index (χ1n) is 6.48. The number of hydrogen-bond acceptors (Lipinski definition) is 7. The zero-order valence-corrected chi connectivity index (χ0v) is 12.0. The molecule has 0 amide bonds. The summed E-state index contributed by atoms with van der Waals surface area (Å²) in [5, 5.41) is 14.1. The molecular formula is C12H20N4O4. The van der Waals surface area contributed by atoms with Gasteiger partial charge in [0.05, 0.1) is 18.1 Å². The fourth-order valence-electron chi connectivity index (χ4n) is 1.51. The van der Waals surface area contributed by atoms with Gasteiger partial charge in [-0.1, -0.05) is 13.3 Å². The third-order valence-corrected chi connectivity index (χ3v) is 2.48. The number of nitro groups is 1. The quantitative estimate of drug-likeness (QED) is 0.420. The van der Waals surface area contributed by atoms with E-state index in [1.807, 2.05) is 6.92 Å². The van der Waals surface area contributed by atoms with Gasteiger partial charge < -0.3 is 14.8 Å². The number of anilines is 1. The third kappa shape index (κ3) is 4.61. The predicted molar refractivity (Wildman–Crippen MR) is 74.2 cm³/mol. The van der Waals surface area contributed by atoms with Crippen LogP contribution in [0.2, 0.25) is 0 Å². The van der Waals surface area contributed by atoms with Crippen LogP contribution >= 0.6 is 0 Å². The number of aromatic nitrogens is 2. The van der Waals surface area contributed by atoms with Gasteiger partial charge in [0.15, 0.2) is 0 Å². The Balaban J connectivity index is 2.98. The van der Waals surface area contributed by atoms with Crippen molar-refractivity contribution in [1.82, 2.24) is 9.97 Å². The number of nitrogens with zero attached hydrogens (tertiary/aromatic N) is 3. The second-order valence-corrected chi connectivity index (χ2v) is 4.15. The number of hydrogen-bond donors (Lipinski definition) is 1. The normalized spacial score (nSPS) is 10.3. The van der Waals surface area contributed by atoms with Crippen LogP contribution in [0.4, 0.5) is 11.5 Å². The summed E-state index contributed by atoms with van der Waals surface area (Å²) in [5.74, 6) is 0.587. The predicted octanol–water partition coefficient (Wildman–Crippen LogP) is 1.93. The molecule has 8 nitrogen and oxygen atoms in total. The molecule has 1 aromatic heterocycles. The van der Waals surface area contributed by atoms with E-state index in [2.05, 4.69) is 15.3 Å². The van der Waals surface area contributed by atoms with Crippen LogP contribution in [0.1, 0.15) is 25.6 Å². The molecule has 0 unspecified atom stereocenters. The highest BCUT2D eigenvalue weighted by Crippen LogP contribution is 2.31. The average molecular weight is 284 g/mol. The molecule has 1 aromatic rings. The van der Waals surface area contributed by atoms with Gasteiger partial charge in [0.25, 0.3) is 5.88 Å². The zero-order chi connectivity index (χ0) is 15.0. The lowest BCUT2D eigenvalue weighted by Gasteiger charge is -2.10. The lowest BCUT2D eigenvalue weighted by molar-refractivity contribution is -0.385. The maximum atomic E-state index is 11.2. The van der Waals surface area contributed by atoms with Crippen LogP contribution < -0.4 is 10.1 Å². The van der Waals surface area contributed by atoms with E-state index >= 15 is 0 Å². The van der Waals surface area contributed by atoms with Crippen molar-refractivity contribution in [2.24, 2.45) is 0 Å². The van der Waals surface area contributed by atoms with Gasteiger partial charge in [-0.3, -0.25) is 10.1 Å². The summed E-state index contributed by atoms with van der Waals surface area (Å²) in [6, 6.07) is 0. The highest BCUT2D eigenvalue weighted by Gasteiger charge is 2.25. The average Bonchev–Trinajstić information content (AvgIpc) is 2.38. The van der Waals surface area contributed by atoms with Crippen molar-refractivity contribution in [1.29, 1.82) is 0 Å². The van der Waals surface area contributed by atoms with Crippen molar-refractivity contribution in [3.05, 3.63) is 15.9 Å². The fraction of sp³-hybridized carbons (Fsp3) is 0.667. The molecule has 0 fully saturated rings. The van der Waals surface area contributed by atoms with Crippen LogP contribution in [0.25, 0.3) is 0 Å². The minimum Gasteiger partial charge on any atom is -0.473 e. The monoisotopic (exact) mass is 284 g/mol. The maximum absolute atomic E-state index is 11.2. The second-order valence-electron chi connectivity index (χ2n) is 4.15. The SMILES string of the molecule is CCCCOc1nc(C)nc(NCCOC)c1[N+](=O)[O-]. The molecule has 0 radical (unpaired) electrons. The molecule has 0 spiro atoms. The molecule has 0 aliphatic carbocycles. The molecule has 20 heavy (non-hydrogen) atoms. The molecule has 0 saturated carbocycles. The van der Waals surface area contributed by atoms with Crippen molar-refractivity contribution >= 4 is 11.5 Å². The largest absolute Gasteiger partial charge is 0.473 e. The molecular weight excluding hydrogens is 264 g/mol. The van der Waals surface area contributed by atoms with E-state index in [-0.39, 0.29) is 17.4 Å². The van der Waals surface area contributed by atoms with E-state index in [1.54, 1.807) is 14.0 Å². The summed E-state index contributed by atoms with van der Waals surface area (Å²) >= 11 is 0. The molecule has 8 heteroatoms. The van der Waals surface area contributed by atoms with Gasteiger partial charge in [0, 0.05) is 13.7 Å². The fourth-order valence-corrected chi connectivity index (χ4v) is 1.51. The first-order chi connectivity index (χ1) is 9.60. The van der Waals surface area contributed by atoms with Gasteiger partial charge in [-0.2, -0.15) is 4.98 Å². The molecule has 112 valence electrons. The standard InChI is InChI=1S/C12H20N4O4/c1-4-5-7-20-12-10(16(17)18)11(13-6-8-19-3)14-9(2)15-12/h4-8H2,1-3H3,(H,13,14,15). The Kier molecular flexibility index (Phi) is 6.65. The number of nitrogens with one attached hydrogen (secondary N) is 1. The van der Waals surface area contributed by atoms with E-state index in [4.69, 9.17) is 9.47 Å². The molecule has 0 aliphatic rings. The van der Waals surface area contributed by atoms with E-state index in [9.17, 15) is 10.1 Å². The van der Waals surface area contributed by atoms with E-state index < -0.39 is 4.92 Å². The van der Waals surface area contributed by atoms with Crippen LogP contribution in [0.5, 0.6) is 5.88 Å². The highest BCUT2D eigenvalue weighted by atomic mass is 16.6.